The standard InChI is InChI=1S/C13H26F2N2O2/c1-11(2)18-9-7-16-5-6-17(13(16,14)15)8-10-19-12(3)4/h11-12H,5-10H2,1-4H3. The second-order valence-corrected chi connectivity index (χ2v) is 5.32. The zero-order valence-electron chi connectivity index (χ0n) is 12.4. The molecule has 0 radical (unpaired) electrons. The first-order chi connectivity index (χ1) is 8.84. The summed E-state index contributed by atoms with van der Waals surface area (Å²) < 4.78 is 38.8. The number of alkyl halides is 2. The maximum absolute atomic E-state index is 14.1. The SMILES string of the molecule is CC(C)OCCN1CCN(CCOC(C)C)C1(F)F. The quantitative estimate of drug-likeness (QED) is 0.635. The molecule has 0 amide bonds. The fraction of sp³-hybridized carbons (Fsp3) is 1.00. The Bertz CT molecular complexity index is 239. The van der Waals surface area contributed by atoms with Gasteiger partial charge in [0, 0.05) is 26.2 Å². The predicted molar refractivity (Wildman–Crippen MR) is 70.3 cm³/mol. The maximum atomic E-state index is 14.1. The van der Waals surface area contributed by atoms with E-state index in [0.717, 1.165) is 0 Å². The van der Waals surface area contributed by atoms with Crippen molar-refractivity contribution in [3.63, 3.8) is 0 Å². The lowest BCUT2D eigenvalue weighted by Gasteiger charge is -2.29. The molecule has 6 heteroatoms. The summed E-state index contributed by atoms with van der Waals surface area (Å²) in [5.74, 6) is 0. The van der Waals surface area contributed by atoms with E-state index in [9.17, 15) is 8.78 Å². The van der Waals surface area contributed by atoms with Crippen LogP contribution in [0.25, 0.3) is 0 Å². The molecule has 1 aliphatic heterocycles. The molecule has 0 atom stereocenters. The summed E-state index contributed by atoms with van der Waals surface area (Å²) in [6.45, 7) is 9.53. The Morgan fingerprint density at radius 1 is 0.895 bits per heavy atom. The number of ether oxygens (including phenoxy) is 2. The third-order valence-electron chi connectivity index (χ3n) is 3.03. The molecule has 1 saturated heterocycles. The van der Waals surface area contributed by atoms with Gasteiger partial charge >= 0.3 is 6.17 Å². The fourth-order valence-corrected chi connectivity index (χ4v) is 2.00. The van der Waals surface area contributed by atoms with Crippen LogP contribution in [-0.4, -0.2) is 67.6 Å². The summed E-state index contributed by atoms with van der Waals surface area (Å²) in [6.07, 6.45) is -2.74. The third kappa shape index (κ3) is 5.30. The van der Waals surface area contributed by atoms with E-state index >= 15 is 0 Å². The van der Waals surface area contributed by atoms with Crippen molar-refractivity contribution < 1.29 is 18.3 Å². The molecule has 1 heterocycles. The summed E-state index contributed by atoms with van der Waals surface area (Å²) in [4.78, 5) is 2.34. The number of hydrogen-bond donors (Lipinski definition) is 0. The normalized spacial score (nSPS) is 20.8. The first kappa shape index (κ1) is 16.8. The smallest absolute Gasteiger partial charge is 0.369 e. The number of halogens is 2. The minimum Gasteiger partial charge on any atom is -0.377 e. The lowest BCUT2D eigenvalue weighted by Crippen LogP contribution is -2.48. The molecule has 1 aliphatic rings. The van der Waals surface area contributed by atoms with Crippen LogP contribution in [0, 0.1) is 0 Å². The average Bonchev–Trinajstić information content (AvgIpc) is 2.55. The Morgan fingerprint density at radius 2 is 1.26 bits per heavy atom. The van der Waals surface area contributed by atoms with E-state index in [1.807, 2.05) is 27.7 Å². The largest absolute Gasteiger partial charge is 0.377 e. The van der Waals surface area contributed by atoms with Crippen LogP contribution < -0.4 is 0 Å². The molecule has 4 nitrogen and oxygen atoms in total. The van der Waals surface area contributed by atoms with E-state index in [4.69, 9.17) is 9.47 Å². The zero-order valence-corrected chi connectivity index (χ0v) is 12.4. The van der Waals surface area contributed by atoms with Crippen LogP contribution in [-0.2, 0) is 9.47 Å². The molecule has 19 heavy (non-hydrogen) atoms. The van der Waals surface area contributed by atoms with Gasteiger partial charge in [-0.25, -0.2) is 9.80 Å². The molecule has 0 unspecified atom stereocenters. The van der Waals surface area contributed by atoms with Crippen molar-refractivity contribution in [2.75, 3.05) is 39.4 Å². The van der Waals surface area contributed by atoms with Crippen LogP contribution in [0.2, 0.25) is 0 Å². The molecule has 0 N–H and O–H groups in total. The second kappa shape index (κ2) is 7.47. The summed E-state index contributed by atoms with van der Waals surface area (Å²) >= 11 is 0. The van der Waals surface area contributed by atoms with Gasteiger partial charge in [-0.2, -0.15) is 8.78 Å². The van der Waals surface area contributed by atoms with Crippen molar-refractivity contribution in [3.05, 3.63) is 0 Å². The Hall–Kier alpha value is -0.300. The lowest BCUT2D eigenvalue weighted by atomic mass is 10.5. The highest BCUT2D eigenvalue weighted by molar-refractivity contribution is 4.80. The van der Waals surface area contributed by atoms with Gasteiger partial charge in [-0.05, 0) is 27.7 Å². The van der Waals surface area contributed by atoms with Gasteiger partial charge in [-0.3, -0.25) is 0 Å². The van der Waals surface area contributed by atoms with Crippen LogP contribution in [0.5, 0.6) is 0 Å². The summed E-state index contributed by atoms with van der Waals surface area (Å²) in [5, 5.41) is 0. The highest BCUT2D eigenvalue weighted by Gasteiger charge is 2.48. The van der Waals surface area contributed by atoms with Crippen molar-refractivity contribution >= 4 is 0 Å². The summed E-state index contributed by atoms with van der Waals surface area (Å²) in [7, 11) is 0. The lowest BCUT2D eigenvalue weighted by molar-refractivity contribution is -0.216. The minimum absolute atomic E-state index is 0.0757. The highest BCUT2D eigenvalue weighted by Crippen LogP contribution is 2.29. The van der Waals surface area contributed by atoms with Crippen LogP contribution in [0.1, 0.15) is 27.7 Å². The molecule has 0 saturated carbocycles. The van der Waals surface area contributed by atoms with Crippen molar-refractivity contribution in [2.24, 2.45) is 0 Å². The molecular weight excluding hydrogens is 254 g/mol. The van der Waals surface area contributed by atoms with Crippen LogP contribution in [0.15, 0.2) is 0 Å². The summed E-state index contributed by atoms with van der Waals surface area (Å²) in [5.41, 5.74) is 0. The minimum atomic E-state index is -2.89. The molecule has 0 aromatic carbocycles. The van der Waals surface area contributed by atoms with E-state index in [1.165, 1.54) is 9.80 Å². The molecular formula is C13H26F2N2O2. The Kier molecular flexibility index (Phi) is 6.59. The van der Waals surface area contributed by atoms with Crippen LogP contribution >= 0.6 is 0 Å². The Balaban J connectivity index is 2.34. The van der Waals surface area contributed by atoms with Gasteiger partial charge in [0.05, 0.1) is 25.4 Å². The monoisotopic (exact) mass is 280 g/mol. The Morgan fingerprint density at radius 3 is 1.58 bits per heavy atom. The zero-order chi connectivity index (χ0) is 14.5. The van der Waals surface area contributed by atoms with Crippen molar-refractivity contribution in [1.29, 1.82) is 0 Å². The summed E-state index contributed by atoms with van der Waals surface area (Å²) in [6, 6.07) is 0. The third-order valence-corrected chi connectivity index (χ3v) is 3.03. The van der Waals surface area contributed by atoms with Crippen molar-refractivity contribution in [1.82, 2.24) is 9.80 Å². The van der Waals surface area contributed by atoms with Gasteiger partial charge in [0.1, 0.15) is 0 Å². The van der Waals surface area contributed by atoms with E-state index in [-0.39, 0.29) is 25.3 Å². The molecule has 0 aromatic heterocycles. The van der Waals surface area contributed by atoms with Gasteiger partial charge in [-0.1, -0.05) is 0 Å². The molecule has 0 bridgehead atoms. The molecule has 0 aliphatic carbocycles. The maximum Gasteiger partial charge on any atom is 0.369 e. The second-order valence-electron chi connectivity index (χ2n) is 5.32. The van der Waals surface area contributed by atoms with Crippen LogP contribution in [0.3, 0.4) is 0 Å². The molecule has 114 valence electrons. The fourth-order valence-electron chi connectivity index (χ4n) is 2.00. The highest BCUT2D eigenvalue weighted by atomic mass is 19.3. The molecule has 1 rings (SSSR count). The van der Waals surface area contributed by atoms with E-state index in [2.05, 4.69) is 0 Å². The topological polar surface area (TPSA) is 24.9 Å². The first-order valence-corrected chi connectivity index (χ1v) is 6.95. The van der Waals surface area contributed by atoms with Crippen molar-refractivity contribution in [2.45, 2.75) is 46.1 Å². The van der Waals surface area contributed by atoms with Gasteiger partial charge in [0.15, 0.2) is 0 Å². The molecule has 0 spiro atoms. The van der Waals surface area contributed by atoms with Gasteiger partial charge in [-0.15, -0.1) is 0 Å². The number of rotatable bonds is 8. The van der Waals surface area contributed by atoms with E-state index in [0.29, 0.717) is 26.3 Å². The molecule has 1 fully saturated rings. The van der Waals surface area contributed by atoms with Gasteiger partial charge < -0.3 is 9.47 Å². The average molecular weight is 280 g/mol. The van der Waals surface area contributed by atoms with Gasteiger partial charge in [0.2, 0.25) is 0 Å². The van der Waals surface area contributed by atoms with Crippen LogP contribution in [0.4, 0.5) is 8.78 Å². The Labute approximate surface area is 114 Å². The predicted octanol–water partition coefficient (Wildman–Crippen LogP) is 2.00. The number of hydrogen-bond acceptors (Lipinski definition) is 4. The van der Waals surface area contributed by atoms with E-state index in [1.54, 1.807) is 0 Å². The van der Waals surface area contributed by atoms with Crippen molar-refractivity contribution in [3.8, 4) is 0 Å². The first-order valence-electron chi connectivity index (χ1n) is 6.95. The van der Waals surface area contributed by atoms with Gasteiger partial charge in [0.25, 0.3) is 0 Å². The number of nitrogens with zero attached hydrogens (tertiary/aromatic N) is 2. The molecule has 0 aromatic rings. The van der Waals surface area contributed by atoms with E-state index < -0.39 is 6.17 Å².